The van der Waals surface area contributed by atoms with Crippen LogP contribution in [-0.4, -0.2) is 119 Å². The zero-order chi connectivity index (χ0) is 32.2. The molecule has 0 spiro atoms. The Labute approximate surface area is 246 Å². The van der Waals surface area contributed by atoms with Crippen molar-refractivity contribution in [2.75, 3.05) is 26.2 Å². The van der Waals surface area contributed by atoms with Crippen LogP contribution < -0.4 is 38.1 Å². The first-order chi connectivity index (χ1) is 19.8. The quantitative estimate of drug-likeness (QED) is 0.0504. The van der Waals surface area contributed by atoms with Gasteiger partial charge in [-0.2, -0.15) is 0 Å². The summed E-state index contributed by atoms with van der Waals surface area (Å²) in [6.45, 7) is 4.85. The van der Waals surface area contributed by atoms with Gasteiger partial charge in [0.2, 0.25) is 23.6 Å². The molecule has 0 radical (unpaired) electrons. The van der Waals surface area contributed by atoms with Gasteiger partial charge in [-0.1, -0.05) is 13.3 Å². The number of amides is 4. The third-order valence-electron chi connectivity index (χ3n) is 6.41. The smallest absolute Gasteiger partial charge is 0.328 e. The van der Waals surface area contributed by atoms with Gasteiger partial charge in [0.1, 0.15) is 24.2 Å². The number of carbonyl (C=O) groups excluding carboxylic acids is 4. The number of aliphatic carboxylic acids is 1. The molecule has 4 amide bonds. The summed E-state index contributed by atoms with van der Waals surface area (Å²) in [6.07, 6.45) is 0.654. The van der Waals surface area contributed by atoms with Gasteiger partial charge in [0, 0.05) is 0 Å². The zero-order valence-corrected chi connectivity index (χ0v) is 24.8. The molecule has 244 valence electrons. The molecule has 16 nitrogen and oxygen atoms in total. The molecule has 0 aromatic rings. The summed E-state index contributed by atoms with van der Waals surface area (Å²) in [5, 5.41) is 51.4. The minimum Gasteiger partial charge on any atom is -0.480 e. The van der Waals surface area contributed by atoms with Gasteiger partial charge in [0.05, 0.1) is 24.9 Å². The number of unbranched alkanes of at least 4 members (excludes halogenated alkanes) is 2. The van der Waals surface area contributed by atoms with E-state index < -0.39 is 78.6 Å². The second-order valence-corrected chi connectivity index (χ2v) is 10.2. The predicted molar refractivity (Wildman–Crippen MR) is 154 cm³/mol. The Balaban J connectivity index is 5.71. The van der Waals surface area contributed by atoms with E-state index in [4.69, 9.17) is 16.6 Å². The monoisotopic (exact) mass is 605 g/mol. The molecule has 42 heavy (non-hydrogen) atoms. The summed E-state index contributed by atoms with van der Waals surface area (Å²) in [5.41, 5.74) is 11.0. The molecule has 13 N–H and O–H groups in total. The predicted octanol–water partition coefficient (Wildman–Crippen LogP) is -3.61. The van der Waals surface area contributed by atoms with E-state index in [0.717, 1.165) is 6.42 Å². The van der Waals surface area contributed by atoms with E-state index >= 15 is 0 Å². The Morgan fingerprint density at radius 1 is 0.667 bits per heavy atom. The van der Waals surface area contributed by atoms with E-state index in [9.17, 15) is 39.3 Å². The molecule has 0 aromatic heterocycles. The summed E-state index contributed by atoms with van der Waals surface area (Å²) < 4.78 is 0. The van der Waals surface area contributed by atoms with Crippen molar-refractivity contribution in [2.45, 2.75) is 108 Å². The van der Waals surface area contributed by atoms with Crippen LogP contribution in [-0.2, 0) is 24.0 Å². The van der Waals surface area contributed by atoms with Crippen LogP contribution in [0.2, 0.25) is 0 Å². The number of hydrogen-bond acceptors (Lipinski definition) is 11. The SMILES string of the molecule is CCCN[C@@H](CCCCN)C(=O)N[C@H](C(=O)N[C@H](C(=O)N[C@@H](CCCCN)C(=O)N[C@@H](CO)C(=O)O)[C@@H](C)O)[C@@H](C)O. The molecule has 0 saturated carbocycles. The van der Waals surface area contributed by atoms with E-state index in [1.54, 1.807) is 0 Å². The number of carbonyl (C=O) groups is 5. The Morgan fingerprint density at radius 2 is 1.10 bits per heavy atom. The van der Waals surface area contributed by atoms with Crippen molar-refractivity contribution in [3.05, 3.63) is 0 Å². The lowest BCUT2D eigenvalue weighted by atomic mass is 10.0. The average molecular weight is 606 g/mol. The Hall–Kier alpha value is -2.89. The first-order valence-electron chi connectivity index (χ1n) is 14.4. The Bertz CT molecular complexity index is 845. The molecule has 7 atom stereocenters. The molecule has 0 aliphatic heterocycles. The summed E-state index contributed by atoms with van der Waals surface area (Å²) in [7, 11) is 0. The fraction of sp³-hybridized carbons (Fsp3) is 0.808. The second-order valence-electron chi connectivity index (χ2n) is 10.2. The van der Waals surface area contributed by atoms with Crippen molar-refractivity contribution in [1.82, 2.24) is 26.6 Å². The van der Waals surface area contributed by atoms with Gasteiger partial charge in [-0.15, -0.1) is 0 Å². The molecule has 0 heterocycles. The molecule has 0 aliphatic carbocycles. The van der Waals surface area contributed by atoms with E-state index in [-0.39, 0.29) is 6.42 Å². The third-order valence-corrected chi connectivity index (χ3v) is 6.41. The van der Waals surface area contributed by atoms with Gasteiger partial charge in [-0.3, -0.25) is 19.2 Å². The maximum absolute atomic E-state index is 13.1. The van der Waals surface area contributed by atoms with Gasteiger partial charge >= 0.3 is 5.97 Å². The van der Waals surface area contributed by atoms with Gasteiger partial charge in [0.15, 0.2) is 0 Å². The number of rotatable bonds is 23. The standard InChI is InChI=1S/C26H51N7O9/c1-4-13-29-17(9-5-7-11-27)22(37)32-21(16(3)36)25(40)33-20(15(2)35)24(39)30-18(10-6-8-12-28)23(38)31-19(14-34)26(41)42/h15-21,29,34-36H,4-14,27-28H2,1-3H3,(H,30,39)(H,31,38)(H,32,37)(H,33,40)(H,41,42)/t15-,16-,17+,18+,19+,20+,21+/m1/s1. The van der Waals surface area contributed by atoms with Crippen LogP contribution >= 0.6 is 0 Å². The van der Waals surface area contributed by atoms with Gasteiger partial charge in [0.25, 0.3) is 0 Å². The number of nitrogens with two attached hydrogens (primary N) is 2. The minimum atomic E-state index is -1.61. The van der Waals surface area contributed by atoms with Gasteiger partial charge in [-0.05, 0) is 72.0 Å². The van der Waals surface area contributed by atoms with Crippen LogP contribution in [0.15, 0.2) is 0 Å². The highest BCUT2D eigenvalue weighted by atomic mass is 16.4. The maximum atomic E-state index is 13.1. The largest absolute Gasteiger partial charge is 0.480 e. The van der Waals surface area contributed by atoms with Gasteiger partial charge < -0.3 is 58.5 Å². The average Bonchev–Trinajstić information content (AvgIpc) is 2.93. The first kappa shape index (κ1) is 39.1. The highest BCUT2D eigenvalue weighted by Crippen LogP contribution is 2.06. The van der Waals surface area contributed by atoms with Crippen LogP contribution in [0.25, 0.3) is 0 Å². The fourth-order valence-corrected chi connectivity index (χ4v) is 3.93. The number of nitrogens with one attached hydrogen (secondary N) is 5. The molecule has 0 bridgehead atoms. The molecule has 0 saturated heterocycles. The lowest BCUT2D eigenvalue weighted by Crippen LogP contribution is -2.62. The van der Waals surface area contributed by atoms with Crippen LogP contribution in [0.5, 0.6) is 0 Å². The maximum Gasteiger partial charge on any atom is 0.328 e. The number of carboxylic acid groups (broad SMARTS) is 1. The van der Waals surface area contributed by atoms with Crippen molar-refractivity contribution >= 4 is 29.6 Å². The normalized spacial score (nSPS) is 16.2. The first-order valence-corrected chi connectivity index (χ1v) is 14.4. The second kappa shape index (κ2) is 21.8. The topological polar surface area (TPSA) is 278 Å². The minimum absolute atomic E-state index is 0.0513. The Kier molecular flexibility index (Phi) is 20.3. The zero-order valence-electron chi connectivity index (χ0n) is 24.8. The van der Waals surface area contributed by atoms with Crippen LogP contribution in [0.3, 0.4) is 0 Å². The van der Waals surface area contributed by atoms with E-state index in [1.807, 2.05) is 6.92 Å². The summed E-state index contributed by atoms with van der Waals surface area (Å²) in [5.74, 6) is -4.84. The molecular formula is C26H51N7O9. The molecule has 0 rings (SSSR count). The van der Waals surface area contributed by atoms with Crippen LogP contribution in [0.4, 0.5) is 0 Å². The van der Waals surface area contributed by atoms with Crippen molar-refractivity contribution in [3.8, 4) is 0 Å². The van der Waals surface area contributed by atoms with E-state index in [1.165, 1.54) is 13.8 Å². The molecular weight excluding hydrogens is 554 g/mol. The number of carboxylic acids is 1. The molecule has 16 heteroatoms. The number of hydrogen-bond donors (Lipinski definition) is 11. The van der Waals surface area contributed by atoms with Crippen molar-refractivity contribution in [2.24, 2.45) is 11.5 Å². The highest BCUT2D eigenvalue weighted by molar-refractivity contribution is 5.95. The van der Waals surface area contributed by atoms with Crippen LogP contribution in [0.1, 0.15) is 65.7 Å². The molecule has 0 aliphatic rings. The lowest BCUT2D eigenvalue weighted by Gasteiger charge is -2.29. The Morgan fingerprint density at radius 3 is 1.52 bits per heavy atom. The van der Waals surface area contributed by atoms with Gasteiger partial charge in [-0.25, -0.2) is 4.79 Å². The number of aliphatic hydroxyl groups excluding tert-OH is 3. The van der Waals surface area contributed by atoms with Crippen molar-refractivity contribution in [3.63, 3.8) is 0 Å². The van der Waals surface area contributed by atoms with Crippen molar-refractivity contribution in [1.29, 1.82) is 0 Å². The summed E-state index contributed by atoms with van der Waals surface area (Å²) in [6, 6.07) is -6.62. The van der Waals surface area contributed by atoms with E-state index in [2.05, 4.69) is 26.6 Å². The fourth-order valence-electron chi connectivity index (χ4n) is 3.93. The third kappa shape index (κ3) is 14.8. The van der Waals surface area contributed by atoms with Crippen molar-refractivity contribution < 1.29 is 44.4 Å². The van der Waals surface area contributed by atoms with Crippen LogP contribution in [0, 0.1) is 0 Å². The summed E-state index contributed by atoms with van der Waals surface area (Å²) in [4.78, 5) is 63.2. The number of aliphatic hydroxyl groups is 3. The highest BCUT2D eigenvalue weighted by Gasteiger charge is 2.35. The molecule has 0 aromatic carbocycles. The molecule has 0 fully saturated rings. The summed E-state index contributed by atoms with van der Waals surface area (Å²) >= 11 is 0. The lowest BCUT2D eigenvalue weighted by molar-refractivity contribution is -0.143. The van der Waals surface area contributed by atoms with E-state index in [0.29, 0.717) is 51.7 Å². The molecule has 0 unspecified atom stereocenters.